The molecule has 0 radical (unpaired) electrons. The highest BCUT2D eigenvalue weighted by Crippen LogP contribution is 2.37. The number of anilines is 1. The quantitative estimate of drug-likeness (QED) is 0.328. The lowest BCUT2D eigenvalue weighted by atomic mass is 9.86. The second-order valence-electron chi connectivity index (χ2n) is 5.71. The molecule has 1 aromatic rings. The highest BCUT2D eigenvalue weighted by Gasteiger charge is 2.38. The molecule has 1 heterocycles. The van der Waals surface area contributed by atoms with Crippen LogP contribution in [-0.4, -0.2) is 23.0 Å². The summed E-state index contributed by atoms with van der Waals surface area (Å²) in [6, 6.07) is 6.06. The predicted octanol–water partition coefficient (Wildman–Crippen LogP) is 1.80. The van der Waals surface area contributed by atoms with Crippen LogP contribution in [0.4, 0.5) is 5.69 Å². The van der Waals surface area contributed by atoms with Gasteiger partial charge in [0.05, 0.1) is 5.41 Å². The Morgan fingerprint density at radius 1 is 1.47 bits per heavy atom. The number of benzene rings is 1. The third kappa shape index (κ3) is 1.95. The van der Waals surface area contributed by atoms with E-state index in [4.69, 9.17) is 5.21 Å². The summed E-state index contributed by atoms with van der Waals surface area (Å²) in [5.74, 6) is 0.460. The van der Waals surface area contributed by atoms with Gasteiger partial charge in [-0.1, -0.05) is 17.3 Å². The summed E-state index contributed by atoms with van der Waals surface area (Å²) < 4.78 is 0. The minimum Gasteiger partial charge on any atom is -0.409 e. The standard InChI is InChI=1S/C14H17N3O2/c1-14(2)10-6-3-8(7-11(10)16-13(14)18)12(17-19)15-9-4-5-9/h3,6-7,9,19H,4-5H2,1-2H3,(H,15,17)(H,16,18). The van der Waals surface area contributed by atoms with Crippen LogP contribution >= 0.6 is 0 Å². The Hall–Kier alpha value is -2.04. The predicted molar refractivity (Wildman–Crippen MR) is 72.6 cm³/mol. The first-order chi connectivity index (χ1) is 9.02. The van der Waals surface area contributed by atoms with Gasteiger partial charge in [-0.15, -0.1) is 0 Å². The zero-order valence-corrected chi connectivity index (χ0v) is 11.0. The van der Waals surface area contributed by atoms with E-state index in [1.54, 1.807) is 0 Å². The van der Waals surface area contributed by atoms with Crippen LogP contribution in [0.25, 0.3) is 0 Å². The minimum absolute atomic E-state index is 0.00251. The normalized spacial score (nSPS) is 20.9. The Morgan fingerprint density at radius 3 is 2.84 bits per heavy atom. The topological polar surface area (TPSA) is 73.7 Å². The molecule has 0 atom stereocenters. The molecule has 0 saturated heterocycles. The number of carbonyl (C=O) groups excluding carboxylic acids is 1. The van der Waals surface area contributed by atoms with Crippen molar-refractivity contribution in [2.75, 3.05) is 5.32 Å². The van der Waals surface area contributed by atoms with Crippen LogP contribution in [0, 0.1) is 0 Å². The van der Waals surface area contributed by atoms with E-state index in [1.807, 2.05) is 32.0 Å². The molecule has 3 N–H and O–H groups in total. The number of carbonyl (C=O) groups is 1. The van der Waals surface area contributed by atoms with Gasteiger partial charge in [-0.25, -0.2) is 0 Å². The molecule has 1 aliphatic heterocycles. The molecule has 3 rings (SSSR count). The number of amides is 1. The third-order valence-electron chi connectivity index (χ3n) is 3.80. The molecule has 1 saturated carbocycles. The number of nitrogens with zero attached hydrogens (tertiary/aromatic N) is 1. The summed E-state index contributed by atoms with van der Waals surface area (Å²) in [6.07, 6.45) is 2.21. The van der Waals surface area contributed by atoms with Gasteiger partial charge in [0.15, 0.2) is 5.84 Å². The van der Waals surface area contributed by atoms with Gasteiger partial charge < -0.3 is 15.8 Å². The summed E-state index contributed by atoms with van der Waals surface area (Å²) in [6.45, 7) is 3.80. The summed E-state index contributed by atoms with van der Waals surface area (Å²) in [4.78, 5) is 11.9. The first-order valence-corrected chi connectivity index (χ1v) is 6.47. The maximum atomic E-state index is 11.9. The number of hydrogen-bond acceptors (Lipinski definition) is 3. The Kier molecular flexibility index (Phi) is 2.52. The molecule has 1 aromatic carbocycles. The van der Waals surface area contributed by atoms with Crippen molar-refractivity contribution in [3.8, 4) is 0 Å². The van der Waals surface area contributed by atoms with Gasteiger partial charge in [-0.05, 0) is 38.3 Å². The first-order valence-electron chi connectivity index (χ1n) is 6.47. The lowest BCUT2D eigenvalue weighted by Gasteiger charge is -2.15. The Labute approximate surface area is 111 Å². The molecule has 0 spiro atoms. The molecule has 0 aromatic heterocycles. The van der Waals surface area contributed by atoms with E-state index >= 15 is 0 Å². The first kappa shape index (κ1) is 12.0. The average molecular weight is 259 g/mol. The van der Waals surface area contributed by atoms with E-state index < -0.39 is 5.41 Å². The van der Waals surface area contributed by atoms with Crippen molar-refractivity contribution in [3.63, 3.8) is 0 Å². The van der Waals surface area contributed by atoms with Crippen LogP contribution in [0.3, 0.4) is 0 Å². The molecule has 1 aliphatic carbocycles. The lowest BCUT2D eigenvalue weighted by molar-refractivity contribution is -0.119. The van der Waals surface area contributed by atoms with E-state index in [0.717, 1.165) is 29.7 Å². The van der Waals surface area contributed by atoms with Gasteiger partial charge in [-0.2, -0.15) is 0 Å². The van der Waals surface area contributed by atoms with E-state index in [-0.39, 0.29) is 5.91 Å². The van der Waals surface area contributed by atoms with Gasteiger partial charge in [0.2, 0.25) is 5.91 Å². The van der Waals surface area contributed by atoms with Gasteiger partial charge in [0.25, 0.3) is 0 Å². The monoisotopic (exact) mass is 259 g/mol. The molecule has 5 nitrogen and oxygen atoms in total. The maximum Gasteiger partial charge on any atom is 0.234 e. The Bertz CT molecular complexity index is 574. The fraction of sp³-hybridized carbons (Fsp3) is 0.429. The van der Waals surface area contributed by atoms with Crippen LogP contribution in [-0.2, 0) is 10.2 Å². The molecule has 0 unspecified atom stereocenters. The second kappa shape index (κ2) is 3.98. The largest absolute Gasteiger partial charge is 0.409 e. The van der Waals surface area contributed by atoms with Crippen molar-refractivity contribution < 1.29 is 10.0 Å². The summed E-state index contributed by atoms with van der Waals surface area (Å²) >= 11 is 0. The van der Waals surface area contributed by atoms with Gasteiger partial charge in [0, 0.05) is 17.3 Å². The number of fused-ring (bicyclic) bond motifs is 1. The minimum atomic E-state index is -0.506. The maximum absolute atomic E-state index is 11.9. The van der Waals surface area contributed by atoms with Crippen LogP contribution < -0.4 is 10.6 Å². The van der Waals surface area contributed by atoms with Crippen LogP contribution in [0.2, 0.25) is 0 Å². The molecule has 1 fully saturated rings. The zero-order chi connectivity index (χ0) is 13.6. The van der Waals surface area contributed by atoms with Crippen LogP contribution in [0.5, 0.6) is 0 Å². The molecule has 19 heavy (non-hydrogen) atoms. The fourth-order valence-electron chi connectivity index (χ4n) is 2.33. The van der Waals surface area contributed by atoms with Gasteiger partial charge in [-0.3, -0.25) is 4.79 Å². The molecule has 2 aliphatic rings. The van der Waals surface area contributed by atoms with Crippen molar-refractivity contribution >= 4 is 17.4 Å². The summed E-state index contributed by atoms with van der Waals surface area (Å²) in [7, 11) is 0. The number of rotatable bonds is 2. The van der Waals surface area contributed by atoms with Crippen LogP contribution in [0.1, 0.15) is 37.8 Å². The third-order valence-corrected chi connectivity index (χ3v) is 3.80. The Balaban J connectivity index is 1.94. The number of nitrogens with one attached hydrogen (secondary N) is 2. The molecule has 0 bridgehead atoms. The van der Waals surface area contributed by atoms with Crippen LogP contribution in [0.15, 0.2) is 23.4 Å². The van der Waals surface area contributed by atoms with E-state index in [1.165, 1.54) is 0 Å². The van der Waals surface area contributed by atoms with Gasteiger partial charge >= 0.3 is 0 Å². The summed E-state index contributed by atoms with van der Waals surface area (Å²) in [5.41, 5.74) is 2.05. The summed E-state index contributed by atoms with van der Waals surface area (Å²) in [5, 5.41) is 18.4. The second-order valence-corrected chi connectivity index (χ2v) is 5.71. The molecular formula is C14H17N3O2. The smallest absolute Gasteiger partial charge is 0.234 e. The van der Waals surface area contributed by atoms with Crippen molar-refractivity contribution in [3.05, 3.63) is 29.3 Å². The zero-order valence-electron chi connectivity index (χ0n) is 11.0. The molecule has 5 heteroatoms. The van der Waals surface area contributed by atoms with Crippen molar-refractivity contribution in [1.29, 1.82) is 0 Å². The SMILES string of the molecule is CC1(C)C(=O)Nc2cc(/C(=N/O)NC3CC3)ccc21. The average Bonchev–Trinajstić information content (AvgIpc) is 3.15. The molecule has 100 valence electrons. The Morgan fingerprint density at radius 2 is 2.21 bits per heavy atom. The van der Waals surface area contributed by atoms with E-state index in [9.17, 15) is 4.79 Å². The fourth-order valence-corrected chi connectivity index (χ4v) is 2.33. The van der Waals surface area contributed by atoms with Gasteiger partial charge in [0.1, 0.15) is 0 Å². The van der Waals surface area contributed by atoms with Crippen molar-refractivity contribution in [2.45, 2.75) is 38.1 Å². The molecular weight excluding hydrogens is 242 g/mol. The number of hydrogen-bond donors (Lipinski definition) is 3. The number of amidine groups is 1. The van der Waals surface area contributed by atoms with Crippen molar-refractivity contribution in [2.24, 2.45) is 5.16 Å². The van der Waals surface area contributed by atoms with E-state index in [2.05, 4.69) is 15.8 Å². The number of oxime groups is 1. The lowest BCUT2D eigenvalue weighted by Crippen LogP contribution is -2.27. The van der Waals surface area contributed by atoms with E-state index in [0.29, 0.717) is 11.9 Å². The highest BCUT2D eigenvalue weighted by atomic mass is 16.4. The molecule has 1 amide bonds. The highest BCUT2D eigenvalue weighted by molar-refractivity contribution is 6.07. The van der Waals surface area contributed by atoms with Crippen molar-refractivity contribution in [1.82, 2.24) is 5.32 Å².